The number of hydrogen-bond donors (Lipinski definition) is 1. The Morgan fingerprint density at radius 1 is 0.682 bits per heavy atom. The third-order valence-corrected chi connectivity index (χ3v) is 2.89. The molecule has 0 saturated heterocycles. The van der Waals surface area contributed by atoms with E-state index in [1.165, 1.54) is 19.3 Å². The molecular formula is C16H34O6. The van der Waals surface area contributed by atoms with Crippen LogP contribution in [0.15, 0.2) is 0 Å². The van der Waals surface area contributed by atoms with Gasteiger partial charge >= 0.3 is 0 Å². The molecule has 0 bridgehead atoms. The lowest BCUT2D eigenvalue weighted by Crippen LogP contribution is -2.22. The van der Waals surface area contributed by atoms with Crippen LogP contribution in [0.5, 0.6) is 0 Å². The molecule has 0 spiro atoms. The van der Waals surface area contributed by atoms with E-state index in [-0.39, 0.29) is 6.61 Å². The lowest BCUT2D eigenvalue weighted by molar-refractivity contribution is -0.147. The van der Waals surface area contributed by atoms with E-state index in [0.29, 0.717) is 52.9 Å². The van der Waals surface area contributed by atoms with E-state index < -0.39 is 6.29 Å². The van der Waals surface area contributed by atoms with Crippen molar-refractivity contribution in [1.29, 1.82) is 0 Å². The maximum absolute atomic E-state index is 9.53. The molecule has 0 fully saturated rings. The Labute approximate surface area is 135 Å². The molecule has 1 atom stereocenters. The predicted octanol–water partition coefficient (Wildman–Crippen LogP) is 1.99. The van der Waals surface area contributed by atoms with Gasteiger partial charge in [0.2, 0.25) is 0 Å². The minimum atomic E-state index is -0.878. The van der Waals surface area contributed by atoms with Crippen molar-refractivity contribution in [1.82, 2.24) is 0 Å². The van der Waals surface area contributed by atoms with Crippen molar-refractivity contribution in [3.05, 3.63) is 0 Å². The maximum atomic E-state index is 9.53. The number of ether oxygens (including phenoxy) is 5. The molecule has 0 aromatic carbocycles. The maximum Gasteiger partial charge on any atom is 0.178 e. The van der Waals surface area contributed by atoms with Crippen molar-refractivity contribution in [3.8, 4) is 0 Å². The van der Waals surface area contributed by atoms with Crippen molar-refractivity contribution >= 4 is 0 Å². The molecule has 6 heteroatoms. The molecule has 0 heterocycles. The van der Waals surface area contributed by atoms with Crippen LogP contribution in [0.3, 0.4) is 0 Å². The van der Waals surface area contributed by atoms with Gasteiger partial charge in [-0.1, -0.05) is 26.2 Å². The van der Waals surface area contributed by atoms with E-state index >= 15 is 0 Å². The van der Waals surface area contributed by atoms with Crippen LogP contribution in [0.25, 0.3) is 0 Å². The van der Waals surface area contributed by atoms with Gasteiger partial charge in [-0.15, -0.1) is 0 Å². The minimum Gasteiger partial charge on any atom is -0.379 e. The second kappa shape index (κ2) is 18.8. The normalized spacial score (nSPS) is 12.7. The Bertz CT molecular complexity index is 203. The van der Waals surface area contributed by atoms with Gasteiger partial charge in [-0.3, -0.25) is 0 Å². The van der Waals surface area contributed by atoms with Crippen molar-refractivity contribution < 1.29 is 28.8 Å². The van der Waals surface area contributed by atoms with Gasteiger partial charge in [0.05, 0.1) is 46.2 Å². The fraction of sp³-hybridized carbons (Fsp3) is 1.00. The molecule has 1 N–H and O–H groups in total. The zero-order chi connectivity index (χ0) is 16.3. The molecule has 0 aromatic rings. The first-order chi connectivity index (χ1) is 10.8. The van der Waals surface area contributed by atoms with Crippen LogP contribution in [-0.2, 0) is 23.7 Å². The molecule has 134 valence electrons. The Balaban J connectivity index is 3.10. The molecule has 1 unspecified atom stereocenters. The summed E-state index contributed by atoms with van der Waals surface area (Å²) in [5, 5.41) is 9.53. The van der Waals surface area contributed by atoms with Gasteiger partial charge in [0, 0.05) is 13.2 Å². The zero-order valence-corrected chi connectivity index (χ0v) is 14.3. The highest BCUT2D eigenvalue weighted by Gasteiger charge is 2.03. The Morgan fingerprint density at radius 3 is 1.95 bits per heavy atom. The van der Waals surface area contributed by atoms with Crippen LogP contribution in [0.2, 0.25) is 0 Å². The van der Waals surface area contributed by atoms with Gasteiger partial charge in [-0.05, 0) is 13.3 Å². The summed E-state index contributed by atoms with van der Waals surface area (Å²) in [6.45, 7) is 8.76. The van der Waals surface area contributed by atoms with Crippen LogP contribution < -0.4 is 0 Å². The van der Waals surface area contributed by atoms with Gasteiger partial charge in [-0.2, -0.15) is 0 Å². The molecule has 22 heavy (non-hydrogen) atoms. The monoisotopic (exact) mass is 322 g/mol. The molecule has 0 aromatic heterocycles. The number of hydrogen-bond acceptors (Lipinski definition) is 6. The summed E-state index contributed by atoms with van der Waals surface area (Å²) in [5.74, 6) is 0. The van der Waals surface area contributed by atoms with Gasteiger partial charge in [0.25, 0.3) is 0 Å². The van der Waals surface area contributed by atoms with Crippen molar-refractivity contribution in [2.45, 2.75) is 45.8 Å². The lowest BCUT2D eigenvalue weighted by atomic mass is 10.2. The molecule has 0 saturated carbocycles. The molecule has 0 radical (unpaired) electrons. The average Bonchev–Trinajstić information content (AvgIpc) is 2.52. The third kappa shape index (κ3) is 17.8. The standard InChI is InChI=1S/C16H34O6/c1-3-5-6-7-8-21-15-16(17)22-14-13-20-12-11-19-10-9-18-4-2/h16-17H,3-15H2,1-2H3. The highest BCUT2D eigenvalue weighted by molar-refractivity contribution is 4.42. The number of aliphatic hydroxyl groups excluding tert-OH is 1. The second-order valence-electron chi connectivity index (χ2n) is 4.88. The van der Waals surface area contributed by atoms with E-state index in [1.54, 1.807) is 0 Å². The SMILES string of the molecule is CCCCCCOCC(O)OCCOCCOCCOCC. The summed E-state index contributed by atoms with van der Waals surface area (Å²) in [6.07, 6.45) is 3.77. The topological polar surface area (TPSA) is 66.4 Å². The fourth-order valence-corrected chi connectivity index (χ4v) is 1.69. The van der Waals surface area contributed by atoms with Gasteiger partial charge in [0.1, 0.15) is 0 Å². The first-order valence-corrected chi connectivity index (χ1v) is 8.41. The fourth-order valence-electron chi connectivity index (χ4n) is 1.69. The van der Waals surface area contributed by atoms with Crippen LogP contribution in [0.1, 0.15) is 39.5 Å². The summed E-state index contributed by atoms with van der Waals surface area (Å²) >= 11 is 0. The smallest absolute Gasteiger partial charge is 0.178 e. The Hall–Kier alpha value is -0.240. The number of unbranched alkanes of at least 4 members (excludes halogenated alkanes) is 3. The molecule has 0 aliphatic heterocycles. The quantitative estimate of drug-likeness (QED) is 0.307. The van der Waals surface area contributed by atoms with E-state index in [0.717, 1.165) is 6.42 Å². The average molecular weight is 322 g/mol. The summed E-state index contributed by atoms with van der Waals surface area (Å²) in [4.78, 5) is 0. The van der Waals surface area contributed by atoms with Crippen LogP contribution in [0, 0.1) is 0 Å². The van der Waals surface area contributed by atoms with E-state index in [9.17, 15) is 5.11 Å². The Kier molecular flexibility index (Phi) is 18.6. The highest BCUT2D eigenvalue weighted by Crippen LogP contribution is 1.99. The van der Waals surface area contributed by atoms with Crippen LogP contribution in [-0.4, -0.2) is 70.9 Å². The summed E-state index contributed by atoms with van der Waals surface area (Å²) in [7, 11) is 0. The van der Waals surface area contributed by atoms with E-state index in [4.69, 9.17) is 23.7 Å². The van der Waals surface area contributed by atoms with Crippen LogP contribution >= 0.6 is 0 Å². The van der Waals surface area contributed by atoms with Crippen molar-refractivity contribution in [3.63, 3.8) is 0 Å². The summed E-state index contributed by atoms with van der Waals surface area (Å²) in [6, 6.07) is 0. The first kappa shape index (κ1) is 21.8. The largest absolute Gasteiger partial charge is 0.379 e. The first-order valence-electron chi connectivity index (χ1n) is 8.41. The molecule has 0 rings (SSSR count). The number of rotatable bonds is 18. The van der Waals surface area contributed by atoms with Crippen molar-refractivity contribution in [2.24, 2.45) is 0 Å². The molecule has 6 nitrogen and oxygen atoms in total. The van der Waals surface area contributed by atoms with Crippen molar-refractivity contribution in [2.75, 3.05) is 59.5 Å². The number of aliphatic hydroxyl groups is 1. The zero-order valence-electron chi connectivity index (χ0n) is 14.3. The third-order valence-electron chi connectivity index (χ3n) is 2.89. The summed E-state index contributed by atoms with van der Waals surface area (Å²) < 4.78 is 26.3. The molecule has 0 aliphatic carbocycles. The van der Waals surface area contributed by atoms with E-state index in [1.807, 2.05) is 6.92 Å². The van der Waals surface area contributed by atoms with E-state index in [2.05, 4.69) is 6.92 Å². The lowest BCUT2D eigenvalue weighted by Gasteiger charge is -2.12. The summed E-state index contributed by atoms with van der Waals surface area (Å²) in [5.41, 5.74) is 0. The second-order valence-corrected chi connectivity index (χ2v) is 4.88. The molecular weight excluding hydrogens is 288 g/mol. The minimum absolute atomic E-state index is 0.215. The van der Waals surface area contributed by atoms with Gasteiger partial charge in [-0.25, -0.2) is 0 Å². The Morgan fingerprint density at radius 2 is 1.32 bits per heavy atom. The highest BCUT2D eigenvalue weighted by atomic mass is 16.6. The molecule has 0 amide bonds. The molecule has 0 aliphatic rings. The predicted molar refractivity (Wildman–Crippen MR) is 85.1 cm³/mol. The van der Waals surface area contributed by atoms with Crippen LogP contribution in [0.4, 0.5) is 0 Å². The van der Waals surface area contributed by atoms with Gasteiger partial charge < -0.3 is 28.8 Å². The van der Waals surface area contributed by atoms with Gasteiger partial charge in [0.15, 0.2) is 6.29 Å².